The standard InChI is InChI=1S/C67H114O12/c1-4-7-10-13-16-19-22-25-28-29-30-31-34-35-38-41-44-47-50-53-59(68)75-56-58(77-60(69)54-51-48-45-42-39-36-32-26-23-20-17-14-11-8-5-2)57-76-67-65(63(72)62(71)64(79-67)66(73)74)78-61(70)55-52-49-46-43-40-37-33-27-24-21-18-15-12-9-6-3/h9,12,17-18,20-21,25-28,32-33,58,62-65,67,71-72H,4-8,10-11,13-16,19,22-24,29-31,34-57H2,1-3H3,(H,73,74)/b12-9-,20-17-,21-18-,28-25-,32-26-,33-27-. The zero-order valence-corrected chi connectivity index (χ0v) is 50.1. The summed E-state index contributed by atoms with van der Waals surface area (Å²) in [5.74, 6) is -3.15. The molecule has 1 heterocycles. The molecule has 0 radical (unpaired) electrons. The molecule has 1 aliphatic heterocycles. The average Bonchev–Trinajstić information content (AvgIpc) is 3.44. The van der Waals surface area contributed by atoms with Gasteiger partial charge in [-0.05, 0) is 109 Å². The van der Waals surface area contributed by atoms with Gasteiger partial charge in [0.25, 0.3) is 0 Å². The van der Waals surface area contributed by atoms with Gasteiger partial charge in [-0.25, -0.2) is 4.79 Å². The molecule has 79 heavy (non-hydrogen) atoms. The Hall–Kier alpha value is -3.84. The molecule has 454 valence electrons. The van der Waals surface area contributed by atoms with Crippen LogP contribution in [0.4, 0.5) is 0 Å². The van der Waals surface area contributed by atoms with Crippen molar-refractivity contribution in [2.75, 3.05) is 13.2 Å². The summed E-state index contributed by atoms with van der Waals surface area (Å²) in [6.07, 6.45) is 57.2. The second-order valence-corrected chi connectivity index (χ2v) is 21.7. The van der Waals surface area contributed by atoms with Crippen molar-refractivity contribution in [3.8, 4) is 0 Å². The van der Waals surface area contributed by atoms with Crippen LogP contribution in [0.15, 0.2) is 72.9 Å². The number of carbonyl (C=O) groups excluding carboxylic acids is 3. The molecule has 0 bridgehead atoms. The monoisotopic (exact) mass is 1110 g/mol. The minimum atomic E-state index is -1.91. The summed E-state index contributed by atoms with van der Waals surface area (Å²) in [6, 6.07) is 0. The molecule has 6 atom stereocenters. The SMILES string of the molecule is CC/C=C\C/C=C\C/C=C\CCCCCCCC(=O)OC1C(OCC(COC(=O)CCCCCCCCCCC/C=C\CCCCCCCC)OC(=O)CCCCCCC/C=C\C/C=C\CCCCC)OC(C(=O)O)C(O)C1O. The first-order chi connectivity index (χ1) is 38.6. The van der Waals surface area contributed by atoms with Crippen LogP contribution in [-0.2, 0) is 42.9 Å². The molecule has 0 aromatic heterocycles. The zero-order valence-electron chi connectivity index (χ0n) is 50.1. The molecule has 0 amide bonds. The Morgan fingerprint density at radius 2 is 0.797 bits per heavy atom. The minimum Gasteiger partial charge on any atom is -0.479 e. The molecule has 0 aromatic rings. The highest BCUT2D eigenvalue weighted by atomic mass is 16.7. The lowest BCUT2D eigenvalue weighted by molar-refractivity contribution is -0.301. The first kappa shape index (κ1) is 73.2. The van der Waals surface area contributed by atoms with Gasteiger partial charge in [0.1, 0.15) is 18.8 Å². The number of rotatable bonds is 54. The van der Waals surface area contributed by atoms with E-state index in [1.807, 2.05) is 0 Å². The van der Waals surface area contributed by atoms with E-state index < -0.39 is 67.3 Å². The smallest absolute Gasteiger partial charge is 0.335 e. The number of carbonyl (C=O) groups is 4. The number of carboxylic acids is 1. The maximum atomic E-state index is 13.2. The maximum absolute atomic E-state index is 13.2. The number of hydrogen-bond donors (Lipinski definition) is 3. The molecule has 1 rings (SSSR count). The van der Waals surface area contributed by atoms with E-state index in [-0.39, 0.29) is 25.9 Å². The van der Waals surface area contributed by atoms with E-state index in [9.17, 15) is 34.5 Å². The van der Waals surface area contributed by atoms with Gasteiger partial charge in [0.05, 0.1) is 6.61 Å². The summed E-state index contributed by atoms with van der Waals surface area (Å²) < 4.78 is 28.5. The third kappa shape index (κ3) is 44.5. The number of allylic oxidation sites excluding steroid dienone is 12. The van der Waals surface area contributed by atoms with Crippen LogP contribution in [0.5, 0.6) is 0 Å². The lowest BCUT2D eigenvalue weighted by Gasteiger charge is -2.40. The van der Waals surface area contributed by atoms with E-state index >= 15 is 0 Å². The fraction of sp³-hybridized carbons (Fsp3) is 0.761. The molecular formula is C67H114O12. The number of aliphatic carboxylic acids is 1. The third-order valence-electron chi connectivity index (χ3n) is 14.2. The Bertz CT molecular complexity index is 1650. The van der Waals surface area contributed by atoms with Crippen LogP contribution in [0.1, 0.15) is 278 Å². The molecule has 3 N–H and O–H groups in total. The zero-order chi connectivity index (χ0) is 57.5. The Balaban J connectivity index is 2.67. The quantitative estimate of drug-likeness (QED) is 0.0228. The molecule has 6 unspecified atom stereocenters. The number of ether oxygens (including phenoxy) is 5. The number of esters is 3. The maximum Gasteiger partial charge on any atom is 0.335 e. The van der Waals surface area contributed by atoms with Crippen LogP contribution in [0.3, 0.4) is 0 Å². The lowest BCUT2D eigenvalue weighted by Crippen LogP contribution is -2.61. The van der Waals surface area contributed by atoms with Crippen molar-refractivity contribution in [3.05, 3.63) is 72.9 Å². The number of aliphatic hydroxyl groups excluding tert-OH is 2. The van der Waals surface area contributed by atoms with Gasteiger partial charge in [0.15, 0.2) is 24.6 Å². The first-order valence-electron chi connectivity index (χ1n) is 31.9. The van der Waals surface area contributed by atoms with Crippen LogP contribution in [0.2, 0.25) is 0 Å². The van der Waals surface area contributed by atoms with Crippen LogP contribution >= 0.6 is 0 Å². The number of unbranched alkanes of at least 4 members (excludes halogenated alkanes) is 28. The van der Waals surface area contributed by atoms with Crippen molar-refractivity contribution in [1.29, 1.82) is 0 Å². The summed E-state index contributed by atoms with van der Waals surface area (Å²) in [4.78, 5) is 51.3. The van der Waals surface area contributed by atoms with E-state index in [0.29, 0.717) is 19.3 Å². The average molecular weight is 1110 g/mol. The highest BCUT2D eigenvalue weighted by Crippen LogP contribution is 2.26. The molecule has 0 spiro atoms. The Kier molecular flexibility index (Phi) is 50.7. The lowest BCUT2D eigenvalue weighted by atomic mass is 9.98. The summed E-state index contributed by atoms with van der Waals surface area (Å²) >= 11 is 0. The van der Waals surface area contributed by atoms with Gasteiger partial charge in [-0.1, -0.05) is 222 Å². The molecule has 1 aliphatic rings. The number of hydrogen-bond acceptors (Lipinski definition) is 11. The largest absolute Gasteiger partial charge is 0.479 e. The highest BCUT2D eigenvalue weighted by molar-refractivity contribution is 5.74. The summed E-state index contributed by atoms with van der Waals surface area (Å²) in [5, 5.41) is 31.5. The summed E-state index contributed by atoms with van der Waals surface area (Å²) in [6.45, 7) is 5.85. The second-order valence-electron chi connectivity index (χ2n) is 21.7. The summed E-state index contributed by atoms with van der Waals surface area (Å²) in [7, 11) is 0. The predicted octanol–water partition coefficient (Wildman–Crippen LogP) is 16.9. The molecular weight excluding hydrogens is 997 g/mol. The molecule has 0 aliphatic carbocycles. The fourth-order valence-corrected chi connectivity index (χ4v) is 9.35. The topological polar surface area (TPSA) is 175 Å². The van der Waals surface area contributed by atoms with Gasteiger partial charge < -0.3 is 39.0 Å². The molecule has 12 nitrogen and oxygen atoms in total. The van der Waals surface area contributed by atoms with Gasteiger partial charge in [-0.3, -0.25) is 14.4 Å². The van der Waals surface area contributed by atoms with Crippen LogP contribution in [0.25, 0.3) is 0 Å². The predicted molar refractivity (Wildman–Crippen MR) is 322 cm³/mol. The molecule has 1 fully saturated rings. The van der Waals surface area contributed by atoms with Crippen LogP contribution in [-0.4, -0.2) is 89.2 Å². The van der Waals surface area contributed by atoms with Crippen molar-refractivity contribution >= 4 is 23.9 Å². The Morgan fingerprint density at radius 3 is 1.25 bits per heavy atom. The van der Waals surface area contributed by atoms with Crippen molar-refractivity contribution in [3.63, 3.8) is 0 Å². The van der Waals surface area contributed by atoms with Crippen molar-refractivity contribution in [2.24, 2.45) is 0 Å². The van der Waals surface area contributed by atoms with Crippen molar-refractivity contribution in [1.82, 2.24) is 0 Å². The Morgan fingerprint density at radius 1 is 0.430 bits per heavy atom. The molecule has 1 saturated heterocycles. The molecule has 0 aromatic carbocycles. The second kappa shape index (κ2) is 54.7. The van der Waals surface area contributed by atoms with Gasteiger partial charge in [-0.2, -0.15) is 0 Å². The third-order valence-corrected chi connectivity index (χ3v) is 14.2. The normalized spacial score (nSPS) is 18.3. The molecule has 0 saturated carbocycles. The number of aliphatic hydroxyl groups is 2. The van der Waals surface area contributed by atoms with Gasteiger partial charge >= 0.3 is 23.9 Å². The Labute approximate surface area is 480 Å². The van der Waals surface area contributed by atoms with Crippen molar-refractivity contribution in [2.45, 2.75) is 314 Å². The first-order valence-corrected chi connectivity index (χ1v) is 31.9. The van der Waals surface area contributed by atoms with Crippen LogP contribution in [0, 0.1) is 0 Å². The van der Waals surface area contributed by atoms with E-state index in [4.69, 9.17) is 23.7 Å². The number of carboxylic acid groups (broad SMARTS) is 1. The van der Waals surface area contributed by atoms with E-state index in [2.05, 4.69) is 93.7 Å². The highest BCUT2D eigenvalue weighted by Gasteiger charge is 2.50. The van der Waals surface area contributed by atoms with Gasteiger partial charge in [-0.15, -0.1) is 0 Å². The van der Waals surface area contributed by atoms with E-state index in [1.165, 1.54) is 103 Å². The van der Waals surface area contributed by atoms with Gasteiger partial charge in [0, 0.05) is 19.3 Å². The molecule has 12 heteroatoms. The fourth-order valence-electron chi connectivity index (χ4n) is 9.35. The minimum absolute atomic E-state index is 0.0378. The summed E-state index contributed by atoms with van der Waals surface area (Å²) in [5.41, 5.74) is 0. The van der Waals surface area contributed by atoms with Crippen molar-refractivity contribution < 1.29 is 58.2 Å². The van der Waals surface area contributed by atoms with E-state index in [0.717, 1.165) is 116 Å². The van der Waals surface area contributed by atoms with Crippen LogP contribution < -0.4 is 0 Å². The van der Waals surface area contributed by atoms with E-state index in [1.54, 1.807) is 0 Å². The van der Waals surface area contributed by atoms with Gasteiger partial charge in [0.2, 0.25) is 0 Å².